The molecule has 1 rings (SSSR count). The van der Waals surface area contributed by atoms with Gasteiger partial charge in [0.2, 0.25) is 0 Å². The van der Waals surface area contributed by atoms with Gasteiger partial charge in [-0.25, -0.2) is 0 Å². The topological polar surface area (TPSA) is 63.3 Å². The van der Waals surface area contributed by atoms with Crippen molar-refractivity contribution >= 4 is 12.0 Å². The number of carboxylic acids is 1. The molecule has 0 amide bonds. The van der Waals surface area contributed by atoms with Crippen LogP contribution in [0.2, 0.25) is 0 Å². The Morgan fingerprint density at radius 1 is 1.43 bits per heavy atom. The fourth-order valence-corrected chi connectivity index (χ4v) is 1.02. The number of hydrogen-bond acceptors (Lipinski definition) is 2. The third-order valence-corrected chi connectivity index (χ3v) is 1.82. The van der Waals surface area contributed by atoms with Gasteiger partial charge in [0.15, 0.2) is 0 Å². The van der Waals surface area contributed by atoms with Gasteiger partial charge in [-0.15, -0.1) is 0 Å². The van der Waals surface area contributed by atoms with E-state index in [9.17, 15) is 4.79 Å². The zero-order chi connectivity index (χ0) is 10.4. The smallest absolute Gasteiger partial charge is 0.320 e. The molecule has 3 nitrogen and oxygen atoms in total. The van der Waals surface area contributed by atoms with Gasteiger partial charge in [-0.3, -0.25) is 4.79 Å². The van der Waals surface area contributed by atoms with Crippen LogP contribution in [0.1, 0.15) is 12.0 Å². The van der Waals surface area contributed by atoms with Crippen molar-refractivity contribution in [1.29, 1.82) is 0 Å². The Morgan fingerprint density at radius 2 is 2.07 bits per heavy atom. The average molecular weight is 191 g/mol. The van der Waals surface area contributed by atoms with Gasteiger partial charge in [-0.2, -0.15) is 0 Å². The predicted octanol–water partition coefficient (Wildman–Crippen LogP) is 1.50. The molecule has 0 aliphatic carbocycles. The van der Waals surface area contributed by atoms with Crippen LogP contribution in [0.5, 0.6) is 0 Å². The first-order chi connectivity index (χ1) is 6.70. The first-order valence-corrected chi connectivity index (χ1v) is 4.40. The van der Waals surface area contributed by atoms with Crippen molar-refractivity contribution in [1.82, 2.24) is 0 Å². The Bertz CT molecular complexity index is 319. The lowest BCUT2D eigenvalue weighted by molar-refractivity contribution is -0.138. The summed E-state index contributed by atoms with van der Waals surface area (Å²) in [5.74, 6) is -0.970. The summed E-state index contributed by atoms with van der Waals surface area (Å²) >= 11 is 0. The summed E-state index contributed by atoms with van der Waals surface area (Å²) in [5, 5.41) is 8.52. The predicted molar refractivity (Wildman–Crippen MR) is 55.7 cm³/mol. The minimum absolute atomic E-state index is 0.351. The van der Waals surface area contributed by atoms with Crippen molar-refractivity contribution in [3.05, 3.63) is 42.0 Å². The van der Waals surface area contributed by atoms with Crippen LogP contribution in [-0.4, -0.2) is 17.1 Å². The molecule has 0 fully saturated rings. The highest BCUT2D eigenvalue weighted by atomic mass is 16.4. The van der Waals surface area contributed by atoms with Crippen LogP contribution < -0.4 is 5.73 Å². The molecule has 0 heterocycles. The van der Waals surface area contributed by atoms with Crippen LogP contribution in [-0.2, 0) is 4.79 Å². The summed E-state index contributed by atoms with van der Waals surface area (Å²) < 4.78 is 0. The van der Waals surface area contributed by atoms with Crippen LogP contribution in [0.3, 0.4) is 0 Å². The second-order valence-electron chi connectivity index (χ2n) is 2.99. The highest BCUT2D eigenvalue weighted by molar-refractivity contribution is 5.73. The second-order valence-corrected chi connectivity index (χ2v) is 2.99. The summed E-state index contributed by atoms with van der Waals surface area (Å²) in [7, 11) is 0. The molecular weight excluding hydrogens is 178 g/mol. The van der Waals surface area contributed by atoms with E-state index in [2.05, 4.69) is 0 Å². The van der Waals surface area contributed by atoms with Gasteiger partial charge in [-0.1, -0.05) is 42.5 Å². The van der Waals surface area contributed by atoms with E-state index < -0.39 is 12.0 Å². The van der Waals surface area contributed by atoms with E-state index in [1.165, 1.54) is 0 Å². The number of rotatable bonds is 4. The normalized spacial score (nSPS) is 12.9. The van der Waals surface area contributed by atoms with E-state index in [4.69, 9.17) is 10.8 Å². The molecule has 3 heteroatoms. The summed E-state index contributed by atoms with van der Waals surface area (Å²) in [6.07, 6.45) is 3.99. The van der Waals surface area contributed by atoms with Crippen molar-refractivity contribution in [2.24, 2.45) is 5.73 Å². The summed E-state index contributed by atoms with van der Waals surface area (Å²) in [6, 6.07) is 8.87. The molecule has 1 aromatic rings. The number of benzene rings is 1. The number of hydrogen-bond donors (Lipinski definition) is 2. The Morgan fingerprint density at radius 3 is 2.64 bits per heavy atom. The quantitative estimate of drug-likeness (QED) is 0.758. The summed E-state index contributed by atoms with van der Waals surface area (Å²) in [4.78, 5) is 10.4. The first kappa shape index (κ1) is 10.5. The largest absolute Gasteiger partial charge is 0.480 e. The van der Waals surface area contributed by atoms with Crippen molar-refractivity contribution in [3.63, 3.8) is 0 Å². The molecule has 0 saturated carbocycles. The Balaban J connectivity index is 2.46. The van der Waals surface area contributed by atoms with E-state index in [1.807, 2.05) is 36.4 Å². The fraction of sp³-hybridized carbons (Fsp3) is 0.182. The van der Waals surface area contributed by atoms with E-state index in [1.54, 1.807) is 6.08 Å². The van der Waals surface area contributed by atoms with Crippen LogP contribution >= 0.6 is 0 Å². The van der Waals surface area contributed by atoms with Gasteiger partial charge < -0.3 is 10.8 Å². The summed E-state index contributed by atoms with van der Waals surface area (Å²) in [5.41, 5.74) is 6.38. The molecule has 1 aromatic carbocycles. The highest BCUT2D eigenvalue weighted by Crippen LogP contribution is 2.02. The molecule has 14 heavy (non-hydrogen) atoms. The molecule has 0 saturated heterocycles. The molecular formula is C11H13NO2. The van der Waals surface area contributed by atoms with E-state index >= 15 is 0 Å². The zero-order valence-corrected chi connectivity index (χ0v) is 7.76. The van der Waals surface area contributed by atoms with Crippen molar-refractivity contribution in [2.75, 3.05) is 0 Å². The number of nitrogens with two attached hydrogens (primary N) is 1. The maximum Gasteiger partial charge on any atom is 0.320 e. The zero-order valence-electron chi connectivity index (χ0n) is 7.76. The fourth-order valence-electron chi connectivity index (χ4n) is 1.02. The molecule has 1 atom stereocenters. The third kappa shape index (κ3) is 3.41. The lowest BCUT2D eigenvalue weighted by Crippen LogP contribution is -2.29. The molecule has 0 aliphatic heterocycles. The molecule has 0 radical (unpaired) electrons. The monoisotopic (exact) mass is 191 g/mol. The average Bonchev–Trinajstić information content (AvgIpc) is 2.19. The summed E-state index contributed by atoms with van der Waals surface area (Å²) in [6.45, 7) is 0. The number of carbonyl (C=O) groups is 1. The molecule has 0 aliphatic rings. The molecule has 0 bridgehead atoms. The van der Waals surface area contributed by atoms with E-state index in [0.29, 0.717) is 6.42 Å². The standard InChI is InChI=1S/C11H13NO2/c12-10(11(13)14)8-4-7-9-5-2-1-3-6-9/h1-7,10H,8,12H2,(H,13,14)/t10-/m0/s1. The maximum atomic E-state index is 10.4. The van der Waals surface area contributed by atoms with Crippen LogP contribution in [0, 0.1) is 0 Å². The first-order valence-electron chi connectivity index (χ1n) is 4.40. The highest BCUT2D eigenvalue weighted by Gasteiger charge is 2.07. The van der Waals surface area contributed by atoms with Gasteiger partial charge in [0.05, 0.1) is 0 Å². The van der Waals surface area contributed by atoms with Gasteiger partial charge in [0.25, 0.3) is 0 Å². The molecule has 3 N–H and O–H groups in total. The second kappa shape index (κ2) is 5.19. The number of aliphatic carboxylic acids is 1. The van der Waals surface area contributed by atoms with Crippen LogP contribution in [0.4, 0.5) is 0 Å². The minimum Gasteiger partial charge on any atom is -0.480 e. The maximum absolute atomic E-state index is 10.4. The number of carboxylic acid groups (broad SMARTS) is 1. The van der Waals surface area contributed by atoms with Crippen molar-refractivity contribution < 1.29 is 9.90 Å². The van der Waals surface area contributed by atoms with Crippen molar-refractivity contribution in [2.45, 2.75) is 12.5 Å². The van der Waals surface area contributed by atoms with E-state index in [0.717, 1.165) is 5.56 Å². The Hall–Kier alpha value is -1.61. The lowest BCUT2D eigenvalue weighted by Gasteiger charge is -2.00. The molecule has 0 aromatic heterocycles. The molecule has 74 valence electrons. The van der Waals surface area contributed by atoms with Gasteiger partial charge in [-0.05, 0) is 12.0 Å². The van der Waals surface area contributed by atoms with Crippen molar-refractivity contribution in [3.8, 4) is 0 Å². The Kier molecular flexibility index (Phi) is 3.88. The Labute approximate surface area is 82.9 Å². The lowest BCUT2D eigenvalue weighted by atomic mass is 10.1. The third-order valence-electron chi connectivity index (χ3n) is 1.82. The SMILES string of the molecule is N[C@@H](CC=Cc1ccccc1)C(=O)O. The van der Waals surface area contributed by atoms with Crippen LogP contribution in [0.15, 0.2) is 36.4 Å². The van der Waals surface area contributed by atoms with E-state index in [-0.39, 0.29) is 0 Å². The molecule has 0 spiro atoms. The van der Waals surface area contributed by atoms with Crippen LogP contribution in [0.25, 0.3) is 6.08 Å². The van der Waals surface area contributed by atoms with Gasteiger partial charge >= 0.3 is 5.97 Å². The van der Waals surface area contributed by atoms with Gasteiger partial charge in [0, 0.05) is 0 Å². The molecule has 0 unspecified atom stereocenters. The van der Waals surface area contributed by atoms with Gasteiger partial charge in [0.1, 0.15) is 6.04 Å². The minimum atomic E-state index is -0.970.